The van der Waals surface area contributed by atoms with Gasteiger partial charge in [0, 0.05) is 0 Å². The van der Waals surface area contributed by atoms with Crippen molar-refractivity contribution in [1.29, 1.82) is 0 Å². The lowest BCUT2D eigenvalue weighted by atomic mass is 10.0. The maximum atomic E-state index is 9.17. The Bertz CT molecular complexity index is 335. The second kappa shape index (κ2) is 6.89. The van der Waals surface area contributed by atoms with E-state index < -0.39 is 0 Å². The summed E-state index contributed by atoms with van der Waals surface area (Å²) >= 11 is 0. The number of allylic oxidation sites excluding steroid dienone is 2. The van der Waals surface area contributed by atoms with E-state index in [9.17, 15) is 5.11 Å². The number of unbranched alkanes of at least 4 members (excludes halogenated alkanes) is 3. The molecule has 0 radical (unpaired) electrons. The summed E-state index contributed by atoms with van der Waals surface area (Å²) in [6.45, 7) is 7.78. The molecule has 0 saturated heterocycles. The van der Waals surface area contributed by atoms with Gasteiger partial charge in [0.25, 0.3) is 0 Å². The third-order valence-corrected chi connectivity index (χ3v) is 2.66. The van der Waals surface area contributed by atoms with E-state index >= 15 is 0 Å². The van der Waals surface area contributed by atoms with Gasteiger partial charge in [-0.2, -0.15) is 0 Å². The van der Waals surface area contributed by atoms with Crippen LogP contribution in [0.5, 0.6) is 5.75 Å². The van der Waals surface area contributed by atoms with Crippen LogP contribution in [0.3, 0.4) is 0 Å². The van der Waals surface area contributed by atoms with Crippen LogP contribution >= 0.6 is 0 Å². The maximum Gasteiger partial charge on any atom is 0.115 e. The number of benzene rings is 1. The van der Waals surface area contributed by atoms with Crippen molar-refractivity contribution in [2.45, 2.75) is 32.1 Å². The Morgan fingerprint density at radius 3 is 2.44 bits per heavy atom. The SMILES string of the molecule is C=CCCCCCC(=C)c1ccc(O)cc1. The number of phenolic OH excluding ortho intramolecular Hbond substituents is 1. The summed E-state index contributed by atoms with van der Waals surface area (Å²) in [7, 11) is 0. The molecule has 0 saturated carbocycles. The molecule has 1 heteroatoms. The van der Waals surface area contributed by atoms with Crippen LogP contribution in [-0.4, -0.2) is 5.11 Å². The topological polar surface area (TPSA) is 20.2 Å². The van der Waals surface area contributed by atoms with Crippen molar-refractivity contribution in [1.82, 2.24) is 0 Å². The van der Waals surface area contributed by atoms with E-state index in [-0.39, 0.29) is 0 Å². The van der Waals surface area contributed by atoms with Gasteiger partial charge in [0.05, 0.1) is 0 Å². The van der Waals surface area contributed by atoms with E-state index in [1.807, 2.05) is 18.2 Å². The molecule has 0 aliphatic rings. The minimum Gasteiger partial charge on any atom is -0.508 e. The molecule has 0 fully saturated rings. The Hall–Kier alpha value is -1.50. The molecule has 0 heterocycles. The number of aromatic hydroxyl groups is 1. The zero-order valence-corrected chi connectivity index (χ0v) is 9.78. The summed E-state index contributed by atoms with van der Waals surface area (Å²) in [6, 6.07) is 7.25. The van der Waals surface area contributed by atoms with E-state index in [2.05, 4.69) is 13.2 Å². The van der Waals surface area contributed by atoms with Crippen LogP contribution in [-0.2, 0) is 0 Å². The van der Waals surface area contributed by atoms with Crippen LogP contribution in [0, 0.1) is 0 Å². The maximum absolute atomic E-state index is 9.17. The summed E-state index contributed by atoms with van der Waals surface area (Å²) in [5, 5.41) is 9.17. The molecule has 0 amide bonds. The van der Waals surface area contributed by atoms with E-state index in [4.69, 9.17) is 0 Å². The average Bonchev–Trinajstić information content (AvgIpc) is 2.29. The molecular formula is C15H20O. The largest absolute Gasteiger partial charge is 0.508 e. The van der Waals surface area contributed by atoms with Crippen molar-refractivity contribution in [2.75, 3.05) is 0 Å². The monoisotopic (exact) mass is 216 g/mol. The molecule has 16 heavy (non-hydrogen) atoms. The molecule has 0 aliphatic heterocycles. The number of rotatable bonds is 7. The highest BCUT2D eigenvalue weighted by molar-refractivity contribution is 5.63. The second-order valence-electron chi connectivity index (χ2n) is 4.04. The first-order chi connectivity index (χ1) is 7.74. The van der Waals surface area contributed by atoms with Gasteiger partial charge in [-0.1, -0.05) is 31.2 Å². The molecule has 0 aliphatic carbocycles. The lowest BCUT2D eigenvalue weighted by Gasteiger charge is -2.05. The first-order valence-corrected chi connectivity index (χ1v) is 5.82. The lowest BCUT2D eigenvalue weighted by molar-refractivity contribution is 0.475. The van der Waals surface area contributed by atoms with Crippen LogP contribution < -0.4 is 0 Å². The van der Waals surface area contributed by atoms with Crippen molar-refractivity contribution in [3.63, 3.8) is 0 Å². The quantitative estimate of drug-likeness (QED) is 0.524. The van der Waals surface area contributed by atoms with E-state index in [1.54, 1.807) is 12.1 Å². The van der Waals surface area contributed by atoms with Crippen LogP contribution in [0.2, 0.25) is 0 Å². The molecule has 0 aromatic heterocycles. The van der Waals surface area contributed by atoms with Crippen molar-refractivity contribution >= 4 is 5.57 Å². The number of phenols is 1. The fraction of sp³-hybridized carbons (Fsp3) is 0.333. The van der Waals surface area contributed by atoms with Crippen LogP contribution in [0.15, 0.2) is 43.5 Å². The summed E-state index contributed by atoms with van der Waals surface area (Å²) in [5.74, 6) is 0.308. The molecule has 1 rings (SSSR count). The Morgan fingerprint density at radius 2 is 1.81 bits per heavy atom. The minimum absolute atomic E-state index is 0.308. The number of hydrogen-bond donors (Lipinski definition) is 1. The van der Waals surface area contributed by atoms with E-state index in [1.165, 1.54) is 19.3 Å². The standard InChI is InChI=1S/C15H20O/c1-3-4-5-6-7-8-13(2)14-9-11-15(16)12-10-14/h3,9-12,16H,1-2,4-8H2. The zero-order chi connectivity index (χ0) is 11.8. The van der Waals surface area contributed by atoms with E-state index in [0.29, 0.717) is 5.75 Å². The highest BCUT2D eigenvalue weighted by atomic mass is 16.3. The molecule has 1 aromatic carbocycles. The van der Waals surface area contributed by atoms with E-state index in [0.717, 1.165) is 24.0 Å². The van der Waals surface area contributed by atoms with Gasteiger partial charge in [0.2, 0.25) is 0 Å². The third-order valence-electron chi connectivity index (χ3n) is 2.66. The normalized spacial score (nSPS) is 10.0. The molecule has 86 valence electrons. The highest BCUT2D eigenvalue weighted by Crippen LogP contribution is 2.21. The van der Waals surface area contributed by atoms with Gasteiger partial charge in [-0.25, -0.2) is 0 Å². The lowest BCUT2D eigenvalue weighted by Crippen LogP contribution is -1.84. The summed E-state index contributed by atoms with van der Waals surface area (Å²) in [5.41, 5.74) is 2.28. The Balaban J connectivity index is 2.29. The molecular weight excluding hydrogens is 196 g/mol. The van der Waals surface area contributed by atoms with Gasteiger partial charge in [0.1, 0.15) is 5.75 Å². The fourth-order valence-electron chi connectivity index (χ4n) is 1.65. The smallest absolute Gasteiger partial charge is 0.115 e. The Labute approximate surface area is 98.1 Å². The van der Waals surface area contributed by atoms with Crippen LogP contribution in [0.1, 0.15) is 37.7 Å². The minimum atomic E-state index is 0.308. The Kier molecular flexibility index (Phi) is 5.41. The van der Waals surface area contributed by atoms with Gasteiger partial charge in [0.15, 0.2) is 0 Å². The molecule has 1 N–H and O–H groups in total. The first kappa shape index (κ1) is 12.6. The van der Waals surface area contributed by atoms with Crippen molar-refractivity contribution in [3.8, 4) is 5.75 Å². The molecule has 0 unspecified atom stereocenters. The second-order valence-corrected chi connectivity index (χ2v) is 4.04. The van der Waals surface area contributed by atoms with Gasteiger partial charge < -0.3 is 5.11 Å². The zero-order valence-electron chi connectivity index (χ0n) is 9.78. The number of hydrogen-bond acceptors (Lipinski definition) is 1. The summed E-state index contributed by atoms with van der Waals surface area (Å²) < 4.78 is 0. The van der Waals surface area contributed by atoms with Gasteiger partial charge in [-0.15, -0.1) is 6.58 Å². The molecule has 0 bridgehead atoms. The van der Waals surface area contributed by atoms with Gasteiger partial charge in [-0.05, 0) is 49.0 Å². The van der Waals surface area contributed by atoms with Crippen LogP contribution in [0.25, 0.3) is 5.57 Å². The predicted octanol–water partition coefficient (Wildman–Crippen LogP) is 4.54. The molecule has 0 atom stereocenters. The summed E-state index contributed by atoms with van der Waals surface area (Å²) in [4.78, 5) is 0. The van der Waals surface area contributed by atoms with Crippen LogP contribution in [0.4, 0.5) is 0 Å². The third kappa shape index (κ3) is 4.35. The average molecular weight is 216 g/mol. The van der Waals surface area contributed by atoms with Crippen molar-refractivity contribution < 1.29 is 5.11 Å². The summed E-state index contributed by atoms with van der Waals surface area (Å²) in [6.07, 6.45) is 7.71. The van der Waals surface area contributed by atoms with Gasteiger partial charge in [-0.3, -0.25) is 0 Å². The van der Waals surface area contributed by atoms with Crippen molar-refractivity contribution in [2.24, 2.45) is 0 Å². The fourth-order valence-corrected chi connectivity index (χ4v) is 1.65. The molecule has 1 aromatic rings. The molecule has 0 spiro atoms. The van der Waals surface area contributed by atoms with Crippen molar-refractivity contribution in [3.05, 3.63) is 49.1 Å². The Morgan fingerprint density at radius 1 is 1.12 bits per heavy atom. The first-order valence-electron chi connectivity index (χ1n) is 5.82. The predicted molar refractivity (Wildman–Crippen MR) is 70.4 cm³/mol. The highest BCUT2D eigenvalue weighted by Gasteiger charge is 1.98. The molecule has 1 nitrogen and oxygen atoms in total. The van der Waals surface area contributed by atoms with Gasteiger partial charge >= 0.3 is 0 Å².